The first kappa shape index (κ1) is 16.6. The normalized spacial score (nSPS) is 19.6. The zero-order chi connectivity index (χ0) is 17.4. The van der Waals surface area contributed by atoms with E-state index in [0.29, 0.717) is 29.7 Å². The summed E-state index contributed by atoms with van der Waals surface area (Å²) in [5.74, 6) is 1.72. The topological polar surface area (TPSA) is 90.4 Å². The van der Waals surface area contributed by atoms with Crippen LogP contribution in [0.3, 0.4) is 0 Å². The van der Waals surface area contributed by atoms with Crippen molar-refractivity contribution in [3.05, 3.63) is 41.7 Å². The minimum atomic E-state index is -2.88. The van der Waals surface area contributed by atoms with E-state index in [0.717, 1.165) is 11.3 Å². The van der Waals surface area contributed by atoms with Gasteiger partial charge in [-0.2, -0.15) is 0 Å². The van der Waals surface area contributed by atoms with Gasteiger partial charge < -0.3 is 8.82 Å². The predicted molar refractivity (Wildman–Crippen MR) is 94.3 cm³/mol. The van der Waals surface area contributed by atoms with E-state index in [-0.39, 0.29) is 17.4 Å². The Morgan fingerprint density at radius 2 is 2.20 bits per heavy atom. The summed E-state index contributed by atoms with van der Waals surface area (Å²) in [7, 11) is -2.88. The van der Waals surface area contributed by atoms with Gasteiger partial charge in [0.15, 0.2) is 9.84 Å². The molecule has 3 aromatic heterocycles. The maximum atomic E-state index is 11.5. The van der Waals surface area contributed by atoms with Crippen molar-refractivity contribution in [3.8, 4) is 0 Å². The Hall–Kier alpha value is -1.87. The zero-order valence-corrected chi connectivity index (χ0v) is 15.4. The molecule has 0 unspecified atom stereocenters. The number of hydrogen-bond donors (Lipinski definition) is 0. The number of aromatic nitrogens is 4. The highest BCUT2D eigenvalue weighted by molar-refractivity contribution is 7.98. The first-order valence-electron chi connectivity index (χ1n) is 8.07. The van der Waals surface area contributed by atoms with Crippen LogP contribution < -0.4 is 0 Å². The van der Waals surface area contributed by atoms with Gasteiger partial charge in [-0.3, -0.25) is 0 Å². The summed E-state index contributed by atoms with van der Waals surface area (Å²) in [4.78, 5) is 4.56. The van der Waals surface area contributed by atoms with Gasteiger partial charge >= 0.3 is 0 Å². The summed E-state index contributed by atoms with van der Waals surface area (Å²) in [5.41, 5.74) is 3.03. The van der Waals surface area contributed by atoms with Crippen molar-refractivity contribution < 1.29 is 12.8 Å². The van der Waals surface area contributed by atoms with Crippen LogP contribution in [-0.2, 0) is 22.0 Å². The first-order valence-corrected chi connectivity index (χ1v) is 10.9. The number of fused-ring (bicyclic) bond motifs is 1. The third-order valence-electron chi connectivity index (χ3n) is 4.23. The number of thioether (sulfide) groups is 1. The van der Waals surface area contributed by atoms with Gasteiger partial charge in [-0.1, -0.05) is 17.8 Å². The molecule has 3 aromatic rings. The molecule has 0 radical (unpaired) electrons. The highest BCUT2D eigenvalue weighted by atomic mass is 32.2. The van der Waals surface area contributed by atoms with Crippen LogP contribution in [0.1, 0.15) is 23.6 Å². The summed E-state index contributed by atoms with van der Waals surface area (Å²) in [6.45, 7) is 2.05. The van der Waals surface area contributed by atoms with Crippen molar-refractivity contribution in [3.63, 3.8) is 0 Å². The third kappa shape index (κ3) is 3.87. The van der Waals surface area contributed by atoms with Crippen LogP contribution in [0.25, 0.3) is 5.65 Å². The second kappa shape index (κ2) is 6.45. The van der Waals surface area contributed by atoms with Crippen LogP contribution in [0.15, 0.2) is 34.2 Å². The van der Waals surface area contributed by atoms with E-state index in [9.17, 15) is 8.42 Å². The number of rotatable bonds is 5. The Bertz CT molecular complexity index is 1010. The Morgan fingerprint density at radius 3 is 3.00 bits per heavy atom. The van der Waals surface area contributed by atoms with Gasteiger partial charge in [0.25, 0.3) is 5.22 Å². The lowest BCUT2D eigenvalue weighted by atomic mass is 10.1. The summed E-state index contributed by atoms with van der Waals surface area (Å²) in [6.07, 6.45) is 5.24. The van der Waals surface area contributed by atoms with E-state index in [1.807, 2.05) is 35.9 Å². The van der Waals surface area contributed by atoms with E-state index >= 15 is 0 Å². The molecule has 1 atom stereocenters. The number of hydrogen-bond acceptors (Lipinski definition) is 7. The molecule has 7 nitrogen and oxygen atoms in total. The van der Waals surface area contributed by atoms with Crippen molar-refractivity contribution in [1.29, 1.82) is 0 Å². The lowest BCUT2D eigenvalue weighted by Gasteiger charge is -2.01. The van der Waals surface area contributed by atoms with Crippen LogP contribution in [0.2, 0.25) is 0 Å². The molecule has 0 aromatic carbocycles. The molecule has 0 bridgehead atoms. The van der Waals surface area contributed by atoms with Crippen molar-refractivity contribution in [2.24, 2.45) is 5.92 Å². The lowest BCUT2D eigenvalue weighted by Crippen LogP contribution is -2.07. The molecule has 0 spiro atoms. The fourth-order valence-electron chi connectivity index (χ4n) is 3.02. The van der Waals surface area contributed by atoms with Crippen molar-refractivity contribution in [2.45, 2.75) is 30.7 Å². The molecule has 25 heavy (non-hydrogen) atoms. The first-order chi connectivity index (χ1) is 12.0. The molecule has 9 heteroatoms. The number of aryl methyl sites for hydroxylation is 1. The van der Waals surface area contributed by atoms with Gasteiger partial charge in [0.05, 0.1) is 17.2 Å². The molecule has 4 heterocycles. The highest BCUT2D eigenvalue weighted by Gasteiger charge is 2.29. The molecule has 0 saturated carbocycles. The van der Waals surface area contributed by atoms with Crippen LogP contribution in [-0.4, -0.2) is 39.5 Å². The number of pyridine rings is 1. The standard InChI is InChI=1S/C16H18N4O3S2/c1-11-2-3-14-17-13(8-20(14)7-11)9-24-16-19-18-15(23-16)6-12-4-5-25(21,22)10-12/h2-3,7-8,12H,4-6,9-10H2,1H3/t12-/m0/s1. The number of imidazole rings is 1. The highest BCUT2D eigenvalue weighted by Crippen LogP contribution is 2.25. The maximum absolute atomic E-state index is 11.5. The summed E-state index contributed by atoms with van der Waals surface area (Å²) < 4.78 is 30.7. The second-order valence-electron chi connectivity index (χ2n) is 6.43. The zero-order valence-electron chi connectivity index (χ0n) is 13.8. The average Bonchev–Trinajstić information content (AvgIpc) is 3.24. The monoisotopic (exact) mass is 378 g/mol. The molecule has 132 valence electrons. The summed E-state index contributed by atoms with van der Waals surface area (Å²) in [5, 5.41) is 8.57. The molecule has 0 aliphatic carbocycles. The fraction of sp³-hybridized carbons (Fsp3) is 0.438. The Kier molecular flexibility index (Phi) is 4.28. The third-order valence-corrected chi connectivity index (χ3v) is 6.92. The second-order valence-corrected chi connectivity index (χ2v) is 9.58. The molecule has 0 N–H and O–H groups in total. The molecule has 0 amide bonds. The molecular weight excluding hydrogens is 360 g/mol. The lowest BCUT2D eigenvalue weighted by molar-refractivity contribution is 0.389. The van der Waals surface area contributed by atoms with Crippen LogP contribution in [0.4, 0.5) is 0 Å². The van der Waals surface area contributed by atoms with Crippen molar-refractivity contribution in [1.82, 2.24) is 19.6 Å². The van der Waals surface area contributed by atoms with Crippen LogP contribution >= 0.6 is 11.8 Å². The SMILES string of the molecule is Cc1ccc2nc(CSc3nnc(C[C@@H]4CCS(=O)(=O)C4)o3)cn2c1. The van der Waals surface area contributed by atoms with E-state index in [2.05, 4.69) is 15.2 Å². The van der Waals surface area contributed by atoms with Crippen LogP contribution in [0.5, 0.6) is 0 Å². The van der Waals surface area contributed by atoms with Crippen molar-refractivity contribution >= 4 is 27.2 Å². The molecule has 4 rings (SSSR count). The van der Waals surface area contributed by atoms with Crippen molar-refractivity contribution in [2.75, 3.05) is 11.5 Å². The van der Waals surface area contributed by atoms with Crippen LogP contribution in [0, 0.1) is 12.8 Å². The van der Waals surface area contributed by atoms with Gasteiger partial charge in [-0.15, -0.1) is 10.2 Å². The Labute approximate surface area is 149 Å². The predicted octanol–water partition coefficient (Wildman–Crippen LogP) is 2.30. The maximum Gasteiger partial charge on any atom is 0.276 e. The van der Waals surface area contributed by atoms with E-state index in [1.165, 1.54) is 17.3 Å². The van der Waals surface area contributed by atoms with Gasteiger partial charge in [-0.25, -0.2) is 13.4 Å². The summed E-state index contributed by atoms with van der Waals surface area (Å²) >= 11 is 1.44. The smallest absolute Gasteiger partial charge is 0.276 e. The Balaban J connectivity index is 1.37. The van der Waals surface area contributed by atoms with Gasteiger partial charge in [0.2, 0.25) is 5.89 Å². The molecule has 1 fully saturated rings. The number of sulfone groups is 1. The van der Waals surface area contributed by atoms with E-state index in [4.69, 9.17) is 4.42 Å². The Morgan fingerprint density at radius 1 is 1.32 bits per heavy atom. The molecular formula is C16H18N4O3S2. The minimum Gasteiger partial charge on any atom is -0.416 e. The van der Waals surface area contributed by atoms with Gasteiger partial charge in [0.1, 0.15) is 5.65 Å². The summed E-state index contributed by atoms with van der Waals surface area (Å²) in [6, 6.07) is 4.02. The fourth-order valence-corrected chi connectivity index (χ4v) is 5.55. The average molecular weight is 378 g/mol. The molecule has 1 aliphatic rings. The van der Waals surface area contributed by atoms with Gasteiger partial charge in [-0.05, 0) is 30.9 Å². The van der Waals surface area contributed by atoms with E-state index in [1.54, 1.807) is 0 Å². The minimum absolute atomic E-state index is 0.0879. The molecule has 1 saturated heterocycles. The number of nitrogens with zero attached hydrogens (tertiary/aromatic N) is 4. The largest absolute Gasteiger partial charge is 0.416 e. The van der Waals surface area contributed by atoms with Gasteiger partial charge in [0, 0.05) is 24.6 Å². The quantitative estimate of drug-likeness (QED) is 0.629. The van der Waals surface area contributed by atoms with E-state index < -0.39 is 9.84 Å². The molecule has 1 aliphatic heterocycles.